The number of methoxy groups -OCH3 is 1. The average molecular weight is 204 g/mol. The van der Waals surface area contributed by atoms with E-state index in [2.05, 4.69) is 0 Å². The van der Waals surface area contributed by atoms with E-state index in [1.807, 2.05) is 0 Å². The number of esters is 1. The van der Waals surface area contributed by atoms with Crippen LogP contribution in [0.25, 0.3) is 0 Å². The summed E-state index contributed by atoms with van der Waals surface area (Å²) in [4.78, 5) is 21.1. The second-order valence-electron chi connectivity index (χ2n) is 2.89. The fourth-order valence-electron chi connectivity index (χ4n) is 0.838. The van der Waals surface area contributed by atoms with Crippen LogP contribution in [0.4, 0.5) is 0 Å². The largest absolute Gasteiger partial charge is 0.481 e. The van der Waals surface area contributed by atoms with Gasteiger partial charge in [0.2, 0.25) is 0 Å². The van der Waals surface area contributed by atoms with E-state index in [0.717, 1.165) is 0 Å². The maximum atomic E-state index is 11.0. The van der Waals surface area contributed by atoms with Crippen molar-refractivity contribution in [2.75, 3.05) is 7.11 Å². The predicted octanol–water partition coefficient (Wildman–Crippen LogP) is 1.17. The number of carboxylic acids is 1. The molecule has 0 spiro atoms. The number of aliphatic carboxylic acids is 1. The summed E-state index contributed by atoms with van der Waals surface area (Å²) in [5.41, 5.74) is 0. The standard InChI is InChI=1S/C9H16O5/c1-7(13-2)14-9(12)6-4-3-5-8(10)11/h7H,3-6H2,1-2H3,(H,10,11). The Bertz CT molecular complexity index is 190. The monoisotopic (exact) mass is 204 g/mol. The van der Waals surface area contributed by atoms with Crippen LogP contribution in [0.2, 0.25) is 0 Å². The summed E-state index contributed by atoms with van der Waals surface area (Å²) >= 11 is 0. The molecule has 5 nitrogen and oxygen atoms in total. The topological polar surface area (TPSA) is 72.8 Å². The van der Waals surface area contributed by atoms with Gasteiger partial charge in [0.15, 0.2) is 6.29 Å². The zero-order valence-corrected chi connectivity index (χ0v) is 8.49. The van der Waals surface area contributed by atoms with Gasteiger partial charge < -0.3 is 14.6 Å². The first-order valence-electron chi connectivity index (χ1n) is 4.50. The van der Waals surface area contributed by atoms with E-state index in [1.54, 1.807) is 6.92 Å². The second kappa shape index (κ2) is 7.32. The Hall–Kier alpha value is -1.10. The summed E-state index contributed by atoms with van der Waals surface area (Å²) in [6.07, 6.45) is 0.809. The van der Waals surface area contributed by atoms with Crippen molar-refractivity contribution in [2.45, 2.75) is 38.9 Å². The Kier molecular flexibility index (Phi) is 6.74. The molecule has 14 heavy (non-hydrogen) atoms. The number of rotatable bonds is 7. The summed E-state index contributed by atoms with van der Waals surface area (Å²) in [6, 6.07) is 0. The molecule has 0 aromatic rings. The van der Waals surface area contributed by atoms with Gasteiger partial charge in [0.05, 0.1) is 0 Å². The molecule has 82 valence electrons. The van der Waals surface area contributed by atoms with E-state index in [1.165, 1.54) is 7.11 Å². The molecule has 0 aromatic heterocycles. The van der Waals surface area contributed by atoms with E-state index in [-0.39, 0.29) is 18.8 Å². The summed E-state index contributed by atoms with van der Waals surface area (Å²) in [7, 11) is 1.45. The van der Waals surface area contributed by atoms with Gasteiger partial charge in [0.1, 0.15) is 0 Å². The van der Waals surface area contributed by atoms with E-state index >= 15 is 0 Å². The van der Waals surface area contributed by atoms with Gasteiger partial charge >= 0.3 is 11.9 Å². The highest BCUT2D eigenvalue weighted by Crippen LogP contribution is 2.03. The Morgan fingerprint density at radius 1 is 1.29 bits per heavy atom. The molecule has 0 amide bonds. The van der Waals surface area contributed by atoms with Crippen LogP contribution in [0.3, 0.4) is 0 Å². The molecule has 0 saturated heterocycles. The number of hydrogen-bond donors (Lipinski definition) is 1. The van der Waals surface area contributed by atoms with Crippen molar-refractivity contribution in [3.05, 3.63) is 0 Å². The molecule has 0 aliphatic rings. The van der Waals surface area contributed by atoms with Gasteiger partial charge in [0, 0.05) is 20.0 Å². The van der Waals surface area contributed by atoms with Crippen molar-refractivity contribution in [1.82, 2.24) is 0 Å². The van der Waals surface area contributed by atoms with Gasteiger partial charge in [-0.2, -0.15) is 0 Å². The van der Waals surface area contributed by atoms with Crippen LogP contribution in [0, 0.1) is 0 Å². The first-order valence-corrected chi connectivity index (χ1v) is 4.50. The average Bonchev–Trinajstić information content (AvgIpc) is 2.12. The minimum absolute atomic E-state index is 0.0904. The molecule has 0 aliphatic carbocycles. The molecule has 1 N–H and O–H groups in total. The number of carbonyl (C=O) groups is 2. The number of hydrogen-bond acceptors (Lipinski definition) is 4. The van der Waals surface area contributed by atoms with Crippen molar-refractivity contribution < 1.29 is 24.2 Å². The van der Waals surface area contributed by atoms with Crippen LogP contribution >= 0.6 is 0 Å². The van der Waals surface area contributed by atoms with Gasteiger partial charge in [-0.15, -0.1) is 0 Å². The fraction of sp³-hybridized carbons (Fsp3) is 0.778. The molecule has 5 heteroatoms. The maximum Gasteiger partial charge on any atom is 0.308 e. The summed E-state index contributed by atoms with van der Waals surface area (Å²) in [5, 5.41) is 8.33. The Morgan fingerprint density at radius 2 is 1.86 bits per heavy atom. The smallest absolute Gasteiger partial charge is 0.308 e. The van der Waals surface area contributed by atoms with Crippen LogP contribution in [0.15, 0.2) is 0 Å². The van der Waals surface area contributed by atoms with E-state index in [0.29, 0.717) is 12.8 Å². The Balaban J connectivity index is 3.40. The second-order valence-corrected chi connectivity index (χ2v) is 2.89. The van der Waals surface area contributed by atoms with Crippen molar-refractivity contribution in [3.63, 3.8) is 0 Å². The fourth-order valence-corrected chi connectivity index (χ4v) is 0.838. The molecule has 0 aliphatic heterocycles. The van der Waals surface area contributed by atoms with Gasteiger partial charge in [-0.3, -0.25) is 9.59 Å². The van der Waals surface area contributed by atoms with E-state index < -0.39 is 12.3 Å². The summed E-state index contributed by atoms with van der Waals surface area (Å²) in [6.45, 7) is 1.62. The minimum atomic E-state index is -0.844. The molecule has 1 unspecified atom stereocenters. The highest BCUT2D eigenvalue weighted by atomic mass is 16.7. The third-order valence-electron chi connectivity index (χ3n) is 1.65. The number of carboxylic acid groups (broad SMARTS) is 1. The number of unbranched alkanes of at least 4 members (excludes halogenated alkanes) is 1. The molecule has 0 fully saturated rings. The SMILES string of the molecule is COC(C)OC(=O)CCCCC(=O)O. The lowest BCUT2D eigenvalue weighted by atomic mass is 10.2. The van der Waals surface area contributed by atoms with Crippen molar-refractivity contribution in [1.29, 1.82) is 0 Å². The van der Waals surface area contributed by atoms with Crippen LogP contribution in [0.5, 0.6) is 0 Å². The van der Waals surface area contributed by atoms with Gasteiger partial charge in [0.25, 0.3) is 0 Å². The summed E-state index contributed by atoms with van der Waals surface area (Å²) < 4.78 is 9.53. The Labute approximate surface area is 83.0 Å². The van der Waals surface area contributed by atoms with Crippen molar-refractivity contribution in [3.8, 4) is 0 Å². The number of carbonyl (C=O) groups excluding carboxylic acids is 1. The van der Waals surface area contributed by atoms with Crippen molar-refractivity contribution >= 4 is 11.9 Å². The van der Waals surface area contributed by atoms with Crippen LogP contribution in [-0.2, 0) is 19.1 Å². The lowest BCUT2D eigenvalue weighted by molar-refractivity contribution is -0.170. The minimum Gasteiger partial charge on any atom is -0.481 e. The van der Waals surface area contributed by atoms with Gasteiger partial charge in [-0.25, -0.2) is 0 Å². The van der Waals surface area contributed by atoms with Crippen LogP contribution < -0.4 is 0 Å². The molecule has 0 radical (unpaired) electrons. The molecular weight excluding hydrogens is 188 g/mol. The lowest BCUT2D eigenvalue weighted by Crippen LogP contribution is -2.16. The highest BCUT2D eigenvalue weighted by molar-refractivity contribution is 5.69. The molecule has 0 bridgehead atoms. The molecule has 1 atom stereocenters. The van der Waals surface area contributed by atoms with Gasteiger partial charge in [-0.05, 0) is 19.8 Å². The third-order valence-corrected chi connectivity index (χ3v) is 1.65. The molecule has 0 saturated carbocycles. The third kappa shape index (κ3) is 7.54. The van der Waals surface area contributed by atoms with Crippen molar-refractivity contribution in [2.24, 2.45) is 0 Å². The molecule has 0 heterocycles. The molecular formula is C9H16O5. The van der Waals surface area contributed by atoms with E-state index in [9.17, 15) is 9.59 Å². The quantitative estimate of drug-likeness (QED) is 0.383. The van der Waals surface area contributed by atoms with Gasteiger partial charge in [-0.1, -0.05) is 0 Å². The van der Waals surface area contributed by atoms with Crippen LogP contribution in [-0.4, -0.2) is 30.4 Å². The summed E-state index contributed by atoms with van der Waals surface area (Å²) in [5.74, 6) is -1.20. The zero-order chi connectivity index (χ0) is 11.0. The highest BCUT2D eigenvalue weighted by Gasteiger charge is 2.07. The zero-order valence-electron chi connectivity index (χ0n) is 8.49. The molecule has 0 rings (SSSR count). The normalized spacial score (nSPS) is 12.1. The van der Waals surface area contributed by atoms with E-state index in [4.69, 9.17) is 14.6 Å². The molecule has 0 aromatic carbocycles. The lowest BCUT2D eigenvalue weighted by Gasteiger charge is -2.10. The first kappa shape index (κ1) is 12.9. The first-order chi connectivity index (χ1) is 6.56. The van der Waals surface area contributed by atoms with Crippen LogP contribution in [0.1, 0.15) is 32.6 Å². The maximum absolute atomic E-state index is 11.0. The predicted molar refractivity (Wildman–Crippen MR) is 48.7 cm³/mol. The Morgan fingerprint density at radius 3 is 2.36 bits per heavy atom. The number of ether oxygens (including phenoxy) is 2.